The normalized spacial score (nSPS) is 12.1. The molecule has 0 amide bonds. The van der Waals surface area contributed by atoms with Gasteiger partial charge in [-0.1, -0.05) is 6.07 Å². The minimum atomic E-state index is -4.07. The minimum absolute atomic E-state index is 0.0783. The number of H-pyrrole nitrogens is 1. The molecular formula is C24H23FN2O6S. The Labute approximate surface area is 196 Å². The van der Waals surface area contributed by atoms with Crippen LogP contribution in [0.1, 0.15) is 56.3 Å². The summed E-state index contributed by atoms with van der Waals surface area (Å²) in [7, 11) is -4.07. The van der Waals surface area contributed by atoms with Crippen LogP contribution in [0.25, 0.3) is 0 Å². The summed E-state index contributed by atoms with van der Waals surface area (Å²) in [5, 5.41) is 0. The molecule has 3 aromatic rings. The van der Waals surface area contributed by atoms with Gasteiger partial charge in [-0.05, 0) is 75.7 Å². The Morgan fingerprint density at radius 2 is 1.71 bits per heavy atom. The molecule has 0 saturated heterocycles. The number of aromatic nitrogens is 1. The average Bonchev–Trinajstić information content (AvgIpc) is 3.08. The van der Waals surface area contributed by atoms with Crippen LogP contribution in [0.3, 0.4) is 0 Å². The molecule has 0 aliphatic carbocycles. The number of hydrogen-bond donors (Lipinski definition) is 2. The molecule has 10 heteroatoms. The highest BCUT2D eigenvalue weighted by atomic mass is 32.2. The molecule has 0 spiro atoms. The Hall–Kier alpha value is -3.79. The number of nitrogens with one attached hydrogen (secondary N) is 2. The molecule has 2 aromatic carbocycles. The van der Waals surface area contributed by atoms with Crippen molar-refractivity contribution in [3.05, 3.63) is 82.4 Å². The van der Waals surface area contributed by atoms with Crippen LogP contribution >= 0.6 is 0 Å². The zero-order chi connectivity index (χ0) is 25.2. The Morgan fingerprint density at radius 3 is 2.29 bits per heavy atom. The fraction of sp³-hybridized carbons (Fsp3) is 0.208. The van der Waals surface area contributed by atoms with Crippen molar-refractivity contribution in [2.45, 2.75) is 38.7 Å². The third-order valence-electron chi connectivity index (χ3n) is 5.17. The molecule has 178 valence electrons. The molecule has 1 aromatic heterocycles. The van der Waals surface area contributed by atoms with E-state index in [1.807, 2.05) is 0 Å². The van der Waals surface area contributed by atoms with Crippen LogP contribution in [0.2, 0.25) is 0 Å². The quantitative estimate of drug-likeness (QED) is 0.363. The van der Waals surface area contributed by atoms with Crippen molar-refractivity contribution in [2.24, 2.45) is 0 Å². The number of hydrogen-bond acceptors (Lipinski definition) is 6. The predicted molar refractivity (Wildman–Crippen MR) is 123 cm³/mol. The van der Waals surface area contributed by atoms with Crippen molar-refractivity contribution >= 4 is 33.2 Å². The maximum Gasteiger partial charge on any atom is 0.338 e. The van der Waals surface area contributed by atoms with Gasteiger partial charge in [-0.15, -0.1) is 0 Å². The van der Waals surface area contributed by atoms with E-state index in [9.17, 15) is 27.2 Å². The minimum Gasteiger partial charge on any atom is -0.451 e. The number of ether oxygens (including phenoxy) is 1. The molecule has 3 rings (SSSR count). The van der Waals surface area contributed by atoms with Gasteiger partial charge in [-0.2, -0.15) is 0 Å². The lowest BCUT2D eigenvalue weighted by Gasteiger charge is -2.13. The van der Waals surface area contributed by atoms with E-state index in [1.165, 1.54) is 44.2 Å². The van der Waals surface area contributed by atoms with Gasteiger partial charge in [-0.25, -0.2) is 17.6 Å². The third-order valence-corrected chi connectivity index (χ3v) is 6.54. The summed E-state index contributed by atoms with van der Waals surface area (Å²) >= 11 is 0. The molecule has 1 unspecified atom stereocenters. The molecule has 0 aliphatic rings. The first kappa shape index (κ1) is 24.8. The molecule has 0 radical (unpaired) electrons. The molecule has 0 bridgehead atoms. The van der Waals surface area contributed by atoms with Crippen molar-refractivity contribution in [3.63, 3.8) is 0 Å². The molecule has 8 nitrogen and oxygen atoms in total. The van der Waals surface area contributed by atoms with Gasteiger partial charge in [0.1, 0.15) is 5.82 Å². The second-order valence-electron chi connectivity index (χ2n) is 7.73. The van der Waals surface area contributed by atoms with Crippen LogP contribution < -0.4 is 4.72 Å². The Morgan fingerprint density at radius 1 is 1.06 bits per heavy atom. The van der Waals surface area contributed by atoms with Crippen LogP contribution in [-0.2, 0) is 14.8 Å². The van der Waals surface area contributed by atoms with Gasteiger partial charge >= 0.3 is 5.97 Å². The van der Waals surface area contributed by atoms with Gasteiger partial charge in [0.25, 0.3) is 10.0 Å². The van der Waals surface area contributed by atoms with E-state index in [2.05, 4.69) is 9.71 Å². The molecule has 1 atom stereocenters. The van der Waals surface area contributed by atoms with E-state index in [4.69, 9.17) is 4.74 Å². The number of carbonyl (C=O) groups is 3. The fourth-order valence-corrected chi connectivity index (χ4v) is 4.64. The molecule has 2 N–H and O–H groups in total. The lowest BCUT2D eigenvalue weighted by atomic mass is 10.0. The first-order valence-electron chi connectivity index (χ1n) is 10.2. The largest absolute Gasteiger partial charge is 0.451 e. The third kappa shape index (κ3) is 5.23. The number of halogens is 1. The monoisotopic (exact) mass is 486 g/mol. The van der Waals surface area contributed by atoms with E-state index in [1.54, 1.807) is 13.8 Å². The smallest absolute Gasteiger partial charge is 0.338 e. The van der Waals surface area contributed by atoms with E-state index in [0.717, 1.165) is 18.2 Å². The summed E-state index contributed by atoms with van der Waals surface area (Å²) in [4.78, 5) is 39.9. The van der Waals surface area contributed by atoms with E-state index in [-0.39, 0.29) is 27.6 Å². The van der Waals surface area contributed by atoms with Gasteiger partial charge in [0.05, 0.1) is 16.2 Å². The zero-order valence-electron chi connectivity index (χ0n) is 18.9. The van der Waals surface area contributed by atoms with Crippen molar-refractivity contribution in [1.82, 2.24) is 4.98 Å². The number of benzene rings is 2. The maximum atomic E-state index is 13.1. The Kier molecular flexibility index (Phi) is 7.01. The standard InChI is InChI=1S/C24H23FN2O6S/c1-13-21(15(3)28)14(2)26-22(13)23(29)16(4)33-24(30)17-6-5-7-20(12-17)34(31,32)27-19-10-8-18(25)9-11-19/h5-12,16,26-27H,1-4H3. The number of carbonyl (C=O) groups excluding carboxylic acids is 3. The maximum absolute atomic E-state index is 13.1. The second kappa shape index (κ2) is 9.60. The van der Waals surface area contributed by atoms with E-state index in [0.29, 0.717) is 16.8 Å². The summed E-state index contributed by atoms with van der Waals surface area (Å²) in [5.74, 6) is -2.13. The van der Waals surface area contributed by atoms with Crippen LogP contribution in [0.15, 0.2) is 53.4 Å². The molecule has 0 aliphatic heterocycles. The average molecular weight is 487 g/mol. The van der Waals surface area contributed by atoms with Crippen LogP contribution in [0.5, 0.6) is 0 Å². The van der Waals surface area contributed by atoms with Crippen molar-refractivity contribution in [3.8, 4) is 0 Å². The van der Waals surface area contributed by atoms with E-state index < -0.39 is 33.7 Å². The highest BCUT2D eigenvalue weighted by Crippen LogP contribution is 2.22. The summed E-state index contributed by atoms with van der Waals surface area (Å²) < 4.78 is 45.9. The lowest BCUT2D eigenvalue weighted by Crippen LogP contribution is -2.25. The Balaban J connectivity index is 1.77. The molecule has 34 heavy (non-hydrogen) atoms. The first-order chi connectivity index (χ1) is 15.9. The summed E-state index contributed by atoms with van der Waals surface area (Å²) in [5.41, 5.74) is 1.66. The number of ketones is 2. The van der Waals surface area contributed by atoms with Crippen molar-refractivity contribution in [2.75, 3.05) is 4.72 Å². The van der Waals surface area contributed by atoms with Crippen LogP contribution in [0.4, 0.5) is 10.1 Å². The molecular weight excluding hydrogens is 463 g/mol. The van der Waals surface area contributed by atoms with Crippen LogP contribution in [0, 0.1) is 19.7 Å². The van der Waals surface area contributed by atoms with Gasteiger partial charge in [0.15, 0.2) is 11.9 Å². The topological polar surface area (TPSA) is 122 Å². The zero-order valence-corrected chi connectivity index (χ0v) is 19.7. The summed E-state index contributed by atoms with van der Waals surface area (Å²) in [6.07, 6.45) is -1.19. The van der Waals surface area contributed by atoms with Gasteiger partial charge in [-0.3, -0.25) is 14.3 Å². The second-order valence-corrected chi connectivity index (χ2v) is 9.42. The molecule has 1 heterocycles. The van der Waals surface area contributed by atoms with Gasteiger partial charge in [0, 0.05) is 16.9 Å². The molecule has 0 fully saturated rings. The van der Waals surface area contributed by atoms with Gasteiger partial charge in [0.2, 0.25) is 5.78 Å². The number of rotatable bonds is 8. The van der Waals surface area contributed by atoms with Crippen molar-refractivity contribution < 1.29 is 31.9 Å². The van der Waals surface area contributed by atoms with Crippen LogP contribution in [-0.4, -0.2) is 37.0 Å². The summed E-state index contributed by atoms with van der Waals surface area (Å²) in [6, 6.07) is 9.86. The van der Waals surface area contributed by atoms with Gasteiger partial charge < -0.3 is 9.72 Å². The number of aryl methyl sites for hydroxylation is 1. The fourth-order valence-electron chi connectivity index (χ4n) is 3.53. The molecule has 0 saturated carbocycles. The van der Waals surface area contributed by atoms with Crippen molar-refractivity contribution in [1.29, 1.82) is 0 Å². The number of Topliss-reactive ketones (excluding diaryl/α,β-unsaturated/α-hetero) is 2. The van der Waals surface area contributed by atoms with E-state index >= 15 is 0 Å². The number of aromatic amines is 1. The number of anilines is 1. The first-order valence-corrected chi connectivity index (χ1v) is 11.7. The SMILES string of the molecule is CC(=O)c1c(C)[nH]c(C(=O)C(C)OC(=O)c2cccc(S(=O)(=O)Nc3ccc(F)cc3)c2)c1C. The lowest BCUT2D eigenvalue weighted by molar-refractivity contribution is 0.0316. The highest BCUT2D eigenvalue weighted by molar-refractivity contribution is 7.92. The summed E-state index contributed by atoms with van der Waals surface area (Å²) in [6.45, 7) is 6.08. The predicted octanol–water partition coefficient (Wildman–Crippen LogP) is 4.20. The number of esters is 1. The highest BCUT2D eigenvalue weighted by Gasteiger charge is 2.27. The number of sulfonamides is 1. The Bertz CT molecular complexity index is 1380.